The normalized spacial score (nSPS) is 24.5. The second-order valence-corrected chi connectivity index (χ2v) is 4.29. The zero-order valence-electron chi connectivity index (χ0n) is 9.58. The fraction of sp³-hybridized carbons (Fsp3) is 0.583. The Kier molecular flexibility index (Phi) is 4.03. The summed E-state index contributed by atoms with van der Waals surface area (Å²) in [6.07, 6.45) is 6.55. The Labute approximate surface area is 99.9 Å². The van der Waals surface area contributed by atoms with Gasteiger partial charge >= 0.3 is 5.97 Å². The highest BCUT2D eigenvalue weighted by atomic mass is 16.5. The van der Waals surface area contributed by atoms with Gasteiger partial charge in [-0.05, 0) is 31.7 Å². The summed E-state index contributed by atoms with van der Waals surface area (Å²) in [4.78, 5) is 18.9. The molecule has 1 aromatic heterocycles. The number of nitrogens with zero attached hydrogens (tertiary/aromatic N) is 2. The van der Waals surface area contributed by atoms with E-state index in [1.165, 1.54) is 0 Å². The van der Waals surface area contributed by atoms with Gasteiger partial charge in [-0.15, -0.1) is 0 Å². The molecule has 1 aromatic rings. The van der Waals surface area contributed by atoms with Gasteiger partial charge < -0.3 is 9.84 Å². The molecule has 0 amide bonds. The number of aromatic nitrogens is 2. The van der Waals surface area contributed by atoms with Crippen LogP contribution in [-0.4, -0.2) is 27.1 Å². The van der Waals surface area contributed by atoms with Gasteiger partial charge in [-0.2, -0.15) is 0 Å². The molecule has 5 nitrogen and oxygen atoms in total. The summed E-state index contributed by atoms with van der Waals surface area (Å²) in [7, 11) is 0. The van der Waals surface area contributed by atoms with Crippen LogP contribution in [0.4, 0.5) is 0 Å². The molecule has 1 saturated carbocycles. The zero-order valence-corrected chi connectivity index (χ0v) is 9.58. The van der Waals surface area contributed by atoms with Crippen LogP contribution in [0.25, 0.3) is 0 Å². The molecule has 0 bridgehead atoms. The van der Waals surface area contributed by atoms with Gasteiger partial charge in [0.25, 0.3) is 0 Å². The quantitative estimate of drug-likeness (QED) is 0.860. The predicted molar refractivity (Wildman–Crippen MR) is 60.2 cm³/mol. The number of hydrogen-bond donors (Lipinski definition) is 1. The van der Waals surface area contributed by atoms with Gasteiger partial charge in [-0.3, -0.25) is 4.79 Å². The third-order valence-electron chi connectivity index (χ3n) is 3.09. The molecule has 1 aliphatic rings. The maximum Gasteiger partial charge on any atom is 0.306 e. The number of rotatable bonds is 4. The highest BCUT2D eigenvalue weighted by Crippen LogP contribution is 2.26. The molecule has 17 heavy (non-hydrogen) atoms. The van der Waals surface area contributed by atoms with Crippen LogP contribution in [0.2, 0.25) is 0 Å². The number of hydrogen-bond acceptors (Lipinski definition) is 4. The summed E-state index contributed by atoms with van der Waals surface area (Å²) >= 11 is 0. The van der Waals surface area contributed by atoms with Crippen molar-refractivity contribution >= 4 is 5.97 Å². The first-order valence-corrected chi connectivity index (χ1v) is 5.86. The lowest BCUT2D eigenvalue weighted by molar-refractivity contribution is -0.143. The first-order chi connectivity index (χ1) is 8.25. The molecule has 2 rings (SSSR count). The number of ether oxygens (including phenoxy) is 1. The Morgan fingerprint density at radius 3 is 2.53 bits per heavy atom. The molecule has 0 radical (unpaired) electrons. The highest BCUT2D eigenvalue weighted by molar-refractivity contribution is 5.70. The van der Waals surface area contributed by atoms with E-state index in [9.17, 15) is 4.79 Å². The number of carbonyl (C=O) groups is 1. The van der Waals surface area contributed by atoms with Crippen molar-refractivity contribution < 1.29 is 14.6 Å². The van der Waals surface area contributed by atoms with Crippen molar-refractivity contribution in [2.75, 3.05) is 0 Å². The largest absolute Gasteiger partial charge is 0.481 e. The maximum absolute atomic E-state index is 10.8. The average molecular weight is 236 g/mol. The van der Waals surface area contributed by atoms with E-state index in [2.05, 4.69) is 9.97 Å². The smallest absolute Gasteiger partial charge is 0.306 e. The van der Waals surface area contributed by atoms with Crippen molar-refractivity contribution in [2.24, 2.45) is 5.92 Å². The van der Waals surface area contributed by atoms with Crippen molar-refractivity contribution in [3.05, 3.63) is 24.3 Å². The molecule has 0 unspecified atom stereocenters. The summed E-state index contributed by atoms with van der Waals surface area (Å²) < 4.78 is 5.68. The summed E-state index contributed by atoms with van der Waals surface area (Å²) in [5, 5.41) is 8.87. The first kappa shape index (κ1) is 12.0. The molecule has 0 saturated heterocycles. The standard InChI is InChI=1S/C12H16N2O3/c15-12(16)9-2-4-10(5-3-9)17-8-11-13-6-1-7-14-11/h1,6-7,9-10H,2-5,8H2,(H,15,16). The van der Waals surface area contributed by atoms with Gasteiger partial charge in [0.1, 0.15) is 6.61 Å². The molecule has 1 fully saturated rings. The van der Waals surface area contributed by atoms with E-state index in [1.54, 1.807) is 18.5 Å². The van der Waals surface area contributed by atoms with Crippen molar-refractivity contribution in [1.29, 1.82) is 0 Å². The van der Waals surface area contributed by atoms with Crippen LogP contribution in [-0.2, 0) is 16.1 Å². The van der Waals surface area contributed by atoms with Gasteiger partial charge in [0, 0.05) is 12.4 Å². The van der Waals surface area contributed by atoms with Crippen LogP contribution in [0.15, 0.2) is 18.5 Å². The molecule has 0 aliphatic heterocycles. The molecular weight excluding hydrogens is 220 g/mol. The highest BCUT2D eigenvalue weighted by Gasteiger charge is 2.26. The van der Waals surface area contributed by atoms with E-state index in [1.807, 2.05) is 0 Å². The molecule has 1 heterocycles. The molecular formula is C12H16N2O3. The molecule has 1 aliphatic carbocycles. The van der Waals surface area contributed by atoms with Crippen LogP contribution < -0.4 is 0 Å². The molecule has 0 spiro atoms. The Hall–Kier alpha value is -1.49. The van der Waals surface area contributed by atoms with E-state index in [0.717, 1.165) is 12.8 Å². The second kappa shape index (κ2) is 5.72. The van der Waals surface area contributed by atoms with Crippen molar-refractivity contribution in [3.63, 3.8) is 0 Å². The Bertz CT molecular complexity index is 361. The van der Waals surface area contributed by atoms with E-state index < -0.39 is 5.97 Å². The summed E-state index contributed by atoms with van der Waals surface area (Å²) in [5.74, 6) is -0.203. The van der Waals surface area contributed by atoms with Crippen molar-refractivity contribution in [3.8, 4) is 0 Å². The maximum atomic E-state index is 10.8. The topological polar surface area (TPSA) is 72.3 Å². The van der Waals surface area contributed by atoms with Crippen LogP contribution in [0, 0.1) is 5.92 Å². The summed E-state index contributed by atoms with van der Waals surface area (Å²) in [6.45, 7) is 0.406. The van der Waals surface area contributed by atoms with Gasteiger partial charge in [-0.25, -0.2) is 9.97 Å². The van der Waals surface area contributed by atoms with E-state index >= 15 is 0 Å². The zero-order chi connectivity index (χ0) is 12.1. The van der Waals surface area contributed by atoms with E-state index in [4.69, 9.17) is 9.84 Å². The lowest BCUT2D eigenvalue weighted by Gasteiger charge is -2.25. The minimum atomic E-state index is -0.685. The molecule has 0 aromatic carbocycles. The third kappa shape index (κ3) is 3.49. The van der Waals surface area contributed by atoms with Gasteiger partial charge in [-0.1, -0.05) is 0 Å². The summed E-state index contributed by atoms with van der Waals surface area (Å²) in [6, 6.07) is 1.77. The first-order valence-electron chi connectivity index (χ1n) is 5.86. The predicted octanol–water partition coefficient (Wildman–Crippen LogP) is 1.64. The lowest BCUT2D eigenvalue weighted by Crippen LogP contribution is -2.26. The van der Waals surface area contributed by atoms with Crippen LogP contribution in [0.1, 0.15) is 31.5 Å². The van der Waals surface area contributed by atoms with Crippen LogP contribution >= 0.6 is 0 Å². The molecule has 92 valence electrons. The Morgan fingerprint density at radius 2 is 1.94 bits per heavy atom. The fourth-order valence-corrected chi connectivity index (χ4v) is 2.07. The van der Waals surface area contributed by atoms with E-state index in [0.29, 0.717) is 25.3 Å². The molecule has 5 heteroatoms. The van der Waals surface area contributed by atoms with Gasteiger partial charge in [0.05, 0.1) is 12.0 Å². The Balaban J connectivity index is 1.74. The second-order valence-electron chi connectivity index (χ2n) is 4.29. The Morgan fingerprint density at radius 1 is 1.29 bits per heavy atom. The number of carboxylic acids is 1. The monoisotopic (exact) mass is 236 g/mol. The minimum absolute atomic E-state index is 0.148. The lowest BCUT2D eigenvalue weighted by atomic mass is 9.87. The third-order valence-corrected chi connectivity index (χ3v) is 3.09. The van der Waals surface area contributed by atoms with Crippen LogP contribution in [0.3, 0.4) is 0 Å². The van der Waals surface area contributed by atoms with Gasteiger partial charge in [0.2, 0.25) is 0 Å². The van der Waals surface area contributed by atoms with E-state index in [-0.39, 0.29) is 12.0 Å². The molecule has 1 N–H and O–H groups in total. The van der Waals surface area contributed by atoms with Crippen molar-refractivity contribution in [1.82, 2.24) is 9.97 Å². The SMILES string of the molecule is O=C(O)C1CCC(OCc2ncccn2)CC1. The van der Waals surface area contributed by atoms with Crippen LogP contribution in [0.5, 0.6) is 0 Å². The molecule has 0 atom stereocenters. The number of carboxylic acid groups (broad SMARTS) is 1. The number of aliphatic carboxylic acids is 1. The minimum Gasteiger partial charge on any atom is -0.481 e. The summed E-state index contributed by atoms with van der Waals surface area (Å²) in [5.41, 5.74) is 0. The van der Waals surface area contributed by atoms with Crippen molar-refractivity contribution in [2.45, 2.75) is 38.4 Å². The van der Waals surface area contributed by atoms with Gasteiger partial charge in [0.15, 0.2) is 5.82 Å². The average Bonchev–Trinajstić information content (AvgIpc) is 2.38. The fourth-order valence-electron chi connectivity index (χ4n) is 2.07.